The monoisotopic (exact) mass is 271 g/mol. The molecule has 4 heteroatoms. The quantitative estimate of drug-likeness (QED) is 0.821. The smallest absolute Gasteiger partial charge is 0.180 e. The lowest BCUT2D eigenvalue weighted by atomic mass is 10.2. The Kier molecular flexibility index (Phi) is 6.30. The van der Waals surface area contributed by atoms with Gasteiger partial charge in [-0.15, -0.1) is 0 Å². The van der Waals surface area contributed by atoms with Gasteiger partial charge in [-0.2, -0.15) is 0 Å². The summed E-state index contributed by atoms with van der Waals surface area (Å²) in [5.41, 5.74) is 1.09. The number of rotatable bonds is 7. The molecule has 0 amide bonds. The molecule has 0 spiro atoms. The highest BCUT2D eigenvalue weighted by Crippen LogP contribution is 2.37. The summed E-state index contributed by atoms with van der Waals surface area (Å²) < 4.78 is 11.2. The van der Waals surface area contributed by atoms with Gasteiger partial charge in [0.2, 0.25) is 0 Å². The molecular formula is C14H22ClNO2. The first-order chi connectivity index (χ1) is 8.62. The van der Waals surface area contributed by atoms with Crippen molar-refractivity contribution in [3.63, 3.8) is 0 Å². The van der Waals surface area contributed by atoms with Gasteiger partial charge in [0.15, 0.2) is 11.5 Å². The summed E-state index contributed by atoms with van der Waals surface area (Å²) in [6.45, 7) is 7.85. The van der Waals surface area contributed by atoms with Crippen molar-refractivity contribution in [1.82, 2.24) is 5.32 Å². The van der Waals surface area contributed by atoms with Crippen molar-refractivity contribution in [3.05, 3.63) is 22.7 Å². The van der Waals surface area contributed by atoms with Gasteiger partial charge >= 0.3 is 0 Å². The molecule has 0 heterocycles. The van der Waals surface area contributed by atoms with Crippen LogP contribution in [-0.4, -0.2) is 19.8 Å². The fraction of sp³-hybridized carbons (Fsp3) is 0.571. The molecule has 1 aromatic rings. The molecule has 1 N–H and O–H groups in total. The molecular weight excluding hydrogens is 250 g/mol. The van der Waals surface area contributed by atoms with Crippen LogP contribution in [-0.2, 0) is 6.54 Å². The molecule has 0 aliphatic heterocycles. The number of ether oxygens (including phenoxy) is 2. The second-order valence-electron chi connectivity index (χ2n) is 4.23. The Hall–Kier alpha value is -0.930. The molecule has 3 nitrogen and oxygen atoms in total. The van der Waals surface area contributed by atoms with Crippen LogP contribution in [0.2, 0.25) is 5.02 Å². The first kappa shape index (κ1) is 15.1. The van der Waals surface area contributed by atoms with E-state index in [0.29, 0.717) is 16.5 Å². The Morgan fingerprint density at radius 1 is 1.33 bits per heavy atom. The molecule has 1 unspecified atom stereocenters. The minimum atomic E-state index is 0.121. The van der Waals surface area contributed by atoms with E-state index in [1.54, 1.807) is 7.11 Å². The molecule has 1 atom stereocenters. The van der Waals surface area contributed by atoms with E-state index in [1.807, 2.05) is 19.1 Å². The summed E-state index contributed by atoms with van der Waals surface area (Å²) in [4.78, 5) is 0. The zero-order valence-electron chi connectivity index (χ0n) is 11.5. The second-order valence-corrected chi connectivity index (χ2v) is 4.63. The third-order valence-electron chi connectivity index (χ3n) is 2.76. The molecule has 0 fully saturated rings. The van der Waals surface area contributed by atoms with E-state index in [2.05, 4.69) is 19.2 Å². The SMILES string of the molecule is CCNCc1cc(Cl)c(OC(C)CC)c(OC)c1. The zero-order chi connectivity index (χ0) is 13.5. The van der Waals surface area contributed by atoms with Gasteiger partial charge < -0.3 is 14.8 Å². The van der Waals surface area contributed by atoms with Gasteiger partial charge in [-0.25, -0.2) is 0 Å². The van der Waals surface area contributed by atoms with Crippen molar-refractivity contribution < 1.29 is 9.47 Å². The summed E-state index contributed by atoms with van der Waals surface area (Å²) in [6, 6.07) is 3.89. The summed E-state index contributed by atoms with van der Waals surface area (Å²) >= 11 is 6.26. The van der Waals surface area contributed by atoms with Crippen LogP contribution in [0.4, 0.5) is 0 Å². The molecule has 0 aliphatic carbocycles. The maximum atomic E-state index is 6.26. The molecule has 0 saturated carbocycles. The third-order valence-corrected chi connectivity index (χ3v) is 3.04. The van der Waals surface area contributed by atoms with Crippen LogP contribution in [0.5, 0.6) is 11.5 Å². The summed E-state index contributed by atoms with van der Waals surface area (Å²) in [7, 11) is 1.63. The fourth-order valence-electron chi connectivity index (χ4n) is 1.54. The lowest BCUT2D eigenvalue weighted by Gasteiger charge is -2.18. The average Bonchev–Trinajstić information content (AvgIpc) is 2.38. The van der Waals surface area contributed by atoms with Gasteiger partial charge in [-0.05, 0) is 37.6 Å². The van der Waals surface area contributed by atoms with Gasteiger partial charge in [0.25, 0.3) is 0 Å². The molecule has 0 bridgehead atoms. The first-order valence-corrected chi connectivity index (χ1v) is 6.73. The van der Waals surface area contributed by atoms with E-state index in [-0.39, 0.29) is 6.10 Å². The minimum Gasteiger partial charge on any atom is -0.493 e. The molecule has 0 aliphatic rings. The standard InChI is InChI=1S/C14H22ClNO2/c1-5-10(3)18-14-12(15)7-11(9-16-6-2)8-13(14)17-4/h7-8,10,16H,5-6,9H2,1-4H3. The van der Waals surface area contributed by atoms with Crippen molar-refractivity contribution >= 4 is 11.6 Å². The number of halogens is 1. The van der Waals surface area contributed by atoms with Gasteiger partial charge in [0.05, 0.1) is 18.2 Å². The van der Waals surface area contributed by atoms with Crippen molar-refractivity contribution in [1.29, 1.82) is 0 Å². The van der Waals surface area contributed by atoms with E-state index in [0.717, 1.165) is 25.1 Å². The summed E-state index contributed by atoms with van der Waals surface area (Å²) in [6.07, 6.45) is 1.05. The first-order valence-electron chi connectivity index (χ1n) is 6.36. The van der Waals surface area contributed by atoms with Crippen LogP contribution in [0, 0.1) is 0 Å². The normalized spacial score (nSPS) is 12.3. The minimum absolute atomic E-state index is 0.121. The number of nitrogens with one attached hydrogen (secondary N) is 1. The van der Waals surface area contributed by atoms with Crippen LogP contribution in [0.25, 0.3) is 0 Å². The third kappa shape index (κ3) is 4.07. The highest BCUT2D eigenvalue weighted by Gasteiger charge is 2.14. The molecule has 18 heavy (non-hydrogen) atoms. The lowest BCUT2D eigenvalue weighted by Crippen LogP contribution is -2.13. The van der Waals surface area contributed by atoms with Crippen LogP contribution in [0.15, 0.2) is 12.1 Å². The predicted molar refractivity (Wildman–Crippen MR) is 75.8 cm³/mol. The highest BCUT2D eigenvalue weighted by atomic mass is 35.5. The van der Waals surface area contributed by atoms with Gasteiger partial charge in [0.1, 0.15) is 0 Å². The number of hydrogen-bond donors (Lipinski definition) is 1. The molecule has 0 saturated heterocycles. The van der Waals surface area contributed by atoms with Crippen molar-refractivity contribution in [2.75, 3.05) is 13.7 Å². The van der Waals surface area contributed by atoms with E-state index in [1.165, 1.54) is 0 Å². The van der Waals surface area contributed by atoms with E-state index in [9.17, 15) is 0 Å². The fourth-order valence-corrected chi connectivity index (χ4v) is 1.82. The molecule has 0 radical (unpaired) electrons. The van der Waals surface area contributed by atoms with Gasteiger partial charge in [0, 0.05) is 6.54 Å². The van der Waals surface area contributed by atoms with Crippen LogP contribution in [0.1, 0.15) is 32.8 Å². The molecule has 1 rings (SSSR count). The van der Waals surface area contributed by atoms with E-state index < -0.39 is 0 Å². The maximum absolute atomic E-state index is 6.26. The topological polar surface area (TPSA) is 30.5 Å². The maximum Gasteiger partial charge on any atom is 0.180 e. The van der Waals surface area contributed by atoms with Gasteiger partial charge in [-0.1, -0.05) is 25.4 Å². The molecule has 1 aromatic carbocycles. The summed E-state index contributed by atoms with van der Waals surface area (Å²) in [5.74, 6) is 1.32. The van der Waals surface area contributed by atoms with Crippen molar-refractivity contribution in [3.8, 4) is 11.5 Å². The van der Waals surface area contributed by atoms with E-state index in [4.69, 9.17) is 21.1 Å². The number of benzene rings is 1. The molecule has 0 aromatic heterocycles. The zero-order valence-corrected chi connectivity index (χ0v) is 12.3. The van der Waals surface area contributed by atoms with Crippen LogP contribution in [0.3, 0.4) is 0 Å². The van der Waals surface area contributed by atoms with Crippen LogP contribution >= 0.6 is 11.6 Å². The number of methoxy groups -OCH3 is 1. The largest absolute Gasteiger partial charge is 0.493 e. The second kappa shape index (κ2) is 7.49. The number of hydrogen-bond acceptors (Lipinski definition) is 3. The van der Waals surface area contributed by atoms with E-state index >= 15 is 0 Å². The Morgan fingerprint density at radius 2 is 2.06 bits per heavy atom. The Labute approximate surface area is 114 Å². The van der Waals surface area contributed by atoms with Gasteiger partial charge in [-0.3, -0.25) is 0 Å². The van der Waals surface area contributed by atoms with Crippen LogP contribution < -0.4 is 14.8 Å². The Balaban J connectivity index is 2.96. The van der Waals surface area contributed by atoms with Crippen molar-refractivity contribution in [2.24, 2.45) is 0 Å². The summed E-state index contributed by atoms with van der Waals surface area (Å²) in [5, 5.41) is 3.86. The average molecular weight is 272 g/mol. The van der Waals surface area contributed by atoms with Crippen molar-refractivity contribution in [2.45, 2.75) is 39.8 Å². The lowest BCUT2D eigenvalue weighted by molar-refractivity contribution is 0.207. The Morgan fingerprint density at radius 3 is 2.61 bits per heavy atom. The Bertz CT molecular complexity index is 382. The molecule has 102 valence electrons. The highest BCUT2D eigenvalue weighted by molar-refractivity contribution is 6.32. The predicted octanol–water partition coefficient (Wildman–Crippen LogP) is 3.64.